The van der Waals surface area contributed by atoms with E-state index in [9.17, 15) is 0 Å². The molecule has 1 heterocycles. The summed E-state index contributed by atoms with van der Waals surface area (Å²) in [6, 6.07) is 5.78. The van der Waals surface area contributed by atoms with E-state index in [1.807, 2.05) is 18.2 Å². The molecule has 2 aromatic rings. The van der Waals surface area contributed by atoms with Crippen LogP contribution in [0.1, 0.15) is 57.3 Å². The van der Waals surface area contributed by atoms with E-state index in [1.165, 1.54) is 19.3 Å². The van der Waals surface area contributed by atoms with Crippen molar-refractivity contribution in [2.24, 2.45) is 5.10 Å². The lowest BCUT2D eigenvalue weighted by atomic mass is 10.2. The summed E-state index contributed by atoms with van der Waals surface area (Å²) < 4.78 is 13.4. The molecule has 0 unspecified atom stereocenters. The van der Waals surface area contributed by atoms with Gasteiger partial charge in [-0.1, -0.05) is 33.1 Å². The minimum atomic E-state index is 0.490. The molecule has 0 aliphatic rings. The Morgan fingerprint density at radius 1 is 1.19 bits per heavy atom. The van der Waals surface area contributed by atoms with Gasteiger partial charge in [0.15, 0.2) is 17.3 Å². The van der Waals surface area contributed by atoms with Crippen LogP contribution in [-0.4, -0.2) is 34.8 Å². The number of hydrogen-bond acceptors (Lipinski definition) is 5. The van der Waals surface area contributed by atoms with Gasteiger partial charge in [0, 0.05) is 6.42 Å². The van der Waals surface area contributed by atoms with Crippen LogP contribution in [0.5, 0.6) is 11.5 Å². The molecule has 2 rings (SSSR count). The molecule has 142 valence electrons. The van der Waals surface area contributed by atoms with E-state index >= 15 is 0 Å². The standard InChI is InChI=1S/C19H28N4O2S/c1-4-6-7-8-12-25-16-11-10-15(13-17(16)24-3)14-20-23-18(9-5-2)21-22-19(23)26/h10-11,13-14H,4-9,12H2,1-3H3,(H,22,26)/b20-14-. The maximum Gasteiger partial charge on any atom is 0.216 e. The highest BCUT2D eigenvalue weighted by Gasteiger charge is 2.06. The average Bonchev–Trinajstić information content (AvgIpc) is 3.00. The largest absolute Gasteiger partial charge is 0.493 e. The Bertz CT molecular complexity index is 767. The molecular weight excluding hydrogens is 348 g/mol. The molecule has 1 aromatic carbocycles. The summed E-state index contributed by atoms with van der Waals surface area (Å²) in [7, 11) is 1.64. The van der Waals surface area contributed by atoms with Gasteiger partial charge >= 0.3 is 0 Å². The van der Waals surface area contributed by atoms with E-state index in [2.05, 4.69) is 29.1 Å². The SMILES string of the molecule is CCCCCCOc1ccc(/C=N\n2c(CCC)n[nH]c2=S)cc1OC. The Balaban J connectivity index is 2.07. The van der Waals surface area contributed by atoms with Crippen LogP contribution in [0.2, 0.25) is 0 Å². The Morgan fingerprint density at radius 2 is 2.04 bits per heavy atom. The van der Waals surface area contributed by atoms with Crippen molar-refractivity contribution in [2.45, 2.75) is 52.4 Å². The lowest BCUT2D eigenvalue weighted by Gasteiger charge is -2.11. The van der Waals surface area contributed by atoms with Crippen LogP contribution in [0.25, 0.3) is 0 Å². The summed E-state index contributed by atoms with van der Waals surface area (Å²) in [4.78, 5) is 0. The summed E-state index contributed by atoms with van der Waals surface area (Å²) in [5, 5.41) is 11.4. The van der Waals surface area contributed by atoms with Crippen molar-refractivity contribution in [3.63, 3.8) is 0 Å². The van der Waals surface area contributed by atoms with Gasteiger partial charge in [0.25, 0.3) is 0 Å². The van der Waals surface area contributed by atoms with Crippen LogP contribution >= 0.6 is 12.2 Å². The molecule has 0 saturated heterocycles. The van der Waals surface area contributed by atoms with Crippen LogP contribution < -0.4 is 9.47 Å². The normalized spacial score (nSPS) is 11.2. The number of rotatable bonds is 11. The number of hydrogen-bond donors (Lipinski definition) is 1. The van der Waals surface area contributed by atoms with Gasteiger partial charge in [-0.05, 0) is 48.8 Å². The molecule has 7 heteroatoms. The van der Waals surface area contributed by atoms with Crippen LogP contribution in [0.15, 0.2) is 23.3 Å². The second kappa shape index (κ2) is 10.8. The molecule has 0 bridgehead atoms. The first kappa shape index (κ1) is 20.2. The number of benzene rings is 1. The highest BCUT2D eigenvalue weighted by Crippen LogP contribution is 2.27. The van der Waals surface area contributed by atoms with E-state index in [4.69, 9.17) is 21.7 Å². The zero-order valence-corrected chi connectivity index (χ0v) is 16.6. The molecule has 1 aromatic heterocycles. The number of H-pyrrole nitrogens is 1. The van der Waals surface area contributed by atoms with Gasteiger partial charge in [0.05, 0.1) is 19.9 Å². The summed E-state index contributed by atoms with van der Waals surface area (Å²) in [5.74, 6) is 2.29. The van der Waals surface area contributed by atoms with Crippen LogP contribution in [0.3, 0.4) is 0 Å². The number of methoxy groups -OCH3 is 1. The number of aromatic amines is 1. The van der Waals surface area contributed by atoms with Crippen molar-refractivity contribution in [3.8, 4) is 11.5 Å². The first-order valence-electron chi connectivity index (χ1n) is 9.21. The molecule has 0 aliphatic heterocycles. The average molecular weight is 377 g/mol. The summed E-state index contributed by atoms with van der Waals surface area (Å²) in [6.45, 7) is 5.00. The number of nitrogens with zero attached hydrogens (tertiary/aromatic N) is 3. The first-order chi connectivity index (χ1) is 12.7. The van der Waals surface area contributed by atoms with Crippen molar-refractivity contribution < 1.29 is 9.47 Å². The van der Waals surface area contributed by atoms with Crippen molar-refractivity contribution in [1.82, 2.24) is 14.9 Å². The summed E-state index contributed by atoms with van der Waals surface area (Å²) >= 11 is 5.24. The topological polar surface area (TPSA) is 64.4 Å². The van der Waals surface area contributed by atoms with Gasteiger partial charge in [-0.2, -0.15) is 14.9 Å². The highest BCUT2D eigenvalue weighted by molar-refractivity contribution is 7.71. The minimum Gasteiger partial charge on any atom is -0.493 e. The van der Waals surface area contributed by atoms with Crippen molar-refractivity contribution in [3.05, 3.63) is 34.4 Å². The van der Waals surface area contributed by atoms with Crippen LogP contribution in [0.4, 0.5) is 0 Å². The second-order valence-electron chi connectivity index (χ2n) is 6.07. The van der Waals surface area contributed by atoms with Gasteiger partial charge in [-0.25, -0.2) is 0 Å². The predicted molar refractivity (Wildman–Crippen MR) is 107 cm³/mol. The number of unbranched alkanes of at least 4 members (excludes halogenated alkanes) is 3. The van der Waals surface area contributed by atoms with E-state index < -0.39 is 0 Å². The summed E-state index contributed by atoms with van der Waals surface area (Å²) in [5.41, 5.74) is 0.908. The first-order valence-corrected chi connectivity index (χ1v) is 9.61. The van der Waals surface area contributed by atoms with Crippen molar-refractivity contribution in [2.75, 3.05) is 13.7 Å². The second-order valence-corrected chi connectivity index (χ2v) is 6.46. The molecule has 26 heavy (non-hydrogen) atoms. The Kier molecular flexibility index (Phi) is 8.34. The molecule has 0 radical (unpaired) electrons. The molecule has 0 atom stereocenters. The van der Waals surface area contributed by atoms with Gasteiger partial charge in [-0.15, -0.1) is 0 Å². The molecule has 1 N–H and O–H groups in total. The maximum atomic E-state index is 5.84. The Labute approximate surface area is 160 Å². The zero-order chi connectivity index (χ0) is 18.8. The third-order valence-electron chi connectivity index (χ3n) is 3.96. The lowest BCUT2D eigenvalue weighted by Crippen LogP contribution is -2.01. The van der Waals surface area contributed by atoms with Gasteiger partial charge in [-0.3, -0.25) is 5.10 Å². The Morgan fingerprint density at radius 3 is 2.77 bits per heavy atom. The van der Waals surface area contributed by atoms with Gasteiger partial charge < -0.3 is 9.47 Å². The monoisotopic (exact) mass is 376 g/mol. The highest BCUT2D eigenvalue weighted by atomic mass is 32.1. The third-order valence-corrected chi connectivity index (χ3v) is 4.22. The lowest BCUT2D eigenvalue weighted by molar-refractivity contribution is 0.285. The summed E-state index contributed by atoms with van der Waals surface area (Å²) in [6.07, 6.45) is 8.25. The fourth-order valence-corrected chi connectivity index (χ4v) is 2.75. The quantitative estimate of drug-likeness (QED) is 0.349. The fourth-order valence-electron chi connectivity index (χ4n) is 2.55. The molecular formula is C19H28N4O2S. The maximum absolute atomic E-state index is 5.84. The minimum absolute atomic E-state index is 0.490. The van der Waals surface area contributed by atoms with E-state index in [0.29, 0.717) is 17.1 Å². The van der Waals surface area contributed by atoms with E-state index in [1.54, 1.807) is 18.0 Å². The number of ether oxygens (including phenoxy) is 2. The van der Waals surface area contributed by atoms with Crippen LogP contribution in [-0.2, 0) is 6.42 Å². The van der Waals surface area contributed by atoms with Crippen molar-refractivity contribution >= 4 is 18.4 Å². The van der Waals surface area contributed by atoms with E-state index in [0.717, 1.165) is 36.4 Å². The number of aryl methyl sites for hydroxylation is 1. The van der Waals surface area contributed by atoms with Crippen LogP contribution in [0, 0.1) is 4.77 Å². The number of aromatic nitrogens is 3. The third kappa shape index (κ3) is 5.69. The molecule has 0 aliphatic carbocycles. The van der Waals surface area contributed by atoms with Gasteiger partial charge in [0.1, 0.15) is 0 Å². The van der Waals surface area contributed by atoms with E-state index in [-0.39, 0.29) is 0 Å². The molecule has 0 fully saturated rings. The predicted octanol–water partition coefficient (Wildman–Crippen LogP) is 4.74. The Hall–Kier alpha value is -2.15. The van der Waals surface area contributed by atoms with Crippen molar-refractivity contribution in [1.29, 1.82) is 0 Å². The molecule has 0 amide bonds. The molecule has 0 spiro atoms. The zero-order valence-electron chi connectivity index (χ0n) is 15.8. The van der Waals surface area contributed by atoms with Gasteiger partial charge in [0.2, 0.25) is 4.77 Å². The number of nitrogens with one attached hydrogen (secondary N) is 1. The smallest absolute Gasteiger partial charge is 0.216 e. The molecule has 0 saturated carbocycles. The molecule has 6 nitrogen and oxygen atoms in total. The fraction of sp³-hybridized carbons (Fsp3) is 0.526.